The highest BCUT2D eigenvalue weighted by molar-refractivity contribution is 6.20. The summed E-state index contributed by atoms with van der Waals surface area (Å²) in [6.45, 7) is 0.965. The van der Waals surface area contributed by atoms with Crippen molar-refractivity contribution in [2.45, 2.75) is 44.6 Å². The van der Waals surface area contributed by atoms with Gasteiger partial charge in [-0.3, -0.25) is 19.8 Å². The third-order valence-corrected chi connectivity index (χ3v) is 7.66. The Morgan fingerprint density at radius 1 is 1.00 bits per heavy atom. The van der Waals surface area contributed by atoms with Crippen molar-refractivity contribution in [2.24, 2.45) is 5.41 Å². The zero-order valence-electron chi connectivity index (χ0n) is 20.2. The molecule has 0 bridgehead atoms. The Balaban J connectivity index is 1.47. The average molecular weight is 478 g/mol. The van der Waals surface area contributed by atoms with Gasteiger partial charge in [-0.1, -0.05) is 37.1 Å². The van der Waals surface area contributed by atoms with Crippen LogP contribution in [0.3, 0.4) is 0 Å². The quantitative estimate of drug-likeness (QED) is 0.665. The molecule has 0 radical (unpaired) electrons. The van der Waals surface area contributed by atoms with Crippen LogP contribution in [0.2, 0.25) is 0 Å². The van der Waals surface area contributed by atoms with Gasteiger partial charge in [0.15, 0.2) is 16.9 Å². The average Bonchev–Trinajstić information content (AvgIpc) is 3.14. The molecule has 5 rings (SSSR count). The highest BCUT2D eigenvalue weighted by atomic mass is 16.5. The lowest BCUT2D eigenvalue weighted by Gasteiger charge is -2.51. The van der Waals surface area contributed by atoms with Crippen LogP contribution in [0, 0.1) is 5.41 Å². The SMILES string of the molecule is COc1ccc(CCN2C(=O)NC(=O)[C@@]3(Cc4ccccc4N4CCCCC[C@H]43)C2=O)cc1OC. The lowest BCUT2D eigenvalue weighted by Crippen LogP contribution is -2.72. The van der Waals surface area contributed by atoms with Crippen molar-refractivity contribution in [3.63, 3.8) is 0 Å². The number of anilines is 1. The third kappa shape index (κ3) is 3.81. The highest BCUT2D eigenvalue weighted by Crippen LogP contribution is 2.47. The van der Waals surface area contributed by atoms with Crippen LogP contribution >= 0.6 is 0 Å². The molecule has 2 saturated heterocycles. The molecule has 0 saturated carbocycles. The van der Waals surface area contributed by atoms with Crippen molar-refractivity contribution >= 4 is 23.5 Å². The number of rotatable bonds is 5. The minimum Gasteiger partial charge on any atom is -0.493 e. The van der Waals surface area contributed by atoms with E-state index >= 15 is 0 Å². The van der Waals surface area contributed by atoms with Crippen LogP contribution in [0.4, 0.5) is 10.5 Å². The van der Waals surface area contributed by atoms with E-state index in [0.717, 1.165) is 49.0 Å². The van der Waals surface area contributed by atoms with Gasteiger partial charge in [0.2, 0.25) is 11.8 Å². The summed E-state index contributed by atoms with van der Waals surface area (Å²) in [6, 6.07) is 12.6. The van der Waals surface area contributed by atoms with Crippen LogP contribution in [-0.2, 0) is 22.4 Å². The first-order valence-electron chi connectivity index (χ1n) is 12.2. The van der Waals surface area contributed by atoms with E-state index in [1.165, 1.54) is 4.90 Å². The number of carbonyl (C=O) groups is 3. The minimum absolute atomic E-state index is 0.170. The number of hydrogen-bond acceptors (Lipinski definition) is 6. The number of barbiturate groups is 1. The normalized spacial score (nSPS) is 23.9. The monoisotopic (exact) mass is 477 g/mol. The third-order valence-electron chi connectivity index (χ3n) is 7.66. The zero-order valence-corrected chi connectivity index (χ0v) is 20.2. The second-order valence-corrected chi connectivity index (χ2v) is 9.49. The number of hydrogen-bond donors (Lipinski definition) is 1. The molecule has 3 aliphatic heterocycles. The summed E-state index contributed by atoms with van der Waals surface area (Å²) in [5.74, 6) is 0.338. The van der Waals surface area contributed by atoms with Crippen LogP contribution in [0.5, 0.6) is 11.5 Å². The fourth-order valence-corrected chi connectivity index (χ4v) is 5.90. The Hall–Kier alpha value is -3.55. The summed E-state index contributed by atoms with van der Waals surface area (Å²) in [4.78, 5) is 44.0. The van der Waals surface area contributed by atoms with Crippen molar-refractivity contribution in [2.75, 3.05) is 32.2 Å². The Bertz CT molecular complexity index is 1170. The number of amides is 4. The summed E-state index contributed by atoms with van der Waals surface area (Å²) >= 11 is 0. The van der Waals surface area contributed by atoms with E-state index in [2.05, 4.69) is 16.3 Å². The predicted molar refractivity (Wildman–Crippen MR) is 131 cm³/mol. The van der Waals surface area contributed by atoms with E-state index in [0.29, 0.717) is 24.3 Å². The van der Waals surface area contributed by atoms with E-state index in [1.807, 2.05) is 30.3 Å². The molecule has 8 heteroatoms. The molecule has 1 N–H and O–H groups in total. The van der Waals surface area contributed by atoms with Gasteiger partial charge in [-0.2, -0.15) is 0 Å². The summed E-state index contributed by atoms with van der Waals surface area (Å²) in [5.41, 5.74) is 1.66. The molecule has 1 spiro atoms. The largest absolute Gasteiger partial charge is 0.493 e. The minimum atomic E-state index is -1.32. The van der Waals surface area contributed by atoms with Crippen molar-refractivity contribution in [1.29, 1.82) is 0 Å². The number of nitrogens with zero attached hydrogens (tertiary/aromatic N) is 2. The van der Waals surface area contributed by atoms with Gasteiger partial charge in [-0.15, -0.1) is 0 Å². The molecule has 3 heterocycles. The zero-order chi connectivity index (χ0) is 24.6. The maximum absolute atomic E-state index is 14.1. The molecule has 3 aliphatic rings. The Morgan fingerprint density at radius 3 is 2.60 bits per heavy atom. The Labute approximate surface area is 205 Å². The van der Waals surface area contributed by atoms with E-state index in [9.17, 15) is 14.4 Å². The van der Waals surface area contributed by atoms with Gasteiger partial charge in [0.25, 0.3) is 0 Å². The second kappa shape index (κ2) is 9.24. The van der Waals surface area contributed by atoms with Gasteiger partial charge in [-0.05, 0) is 55.0 Å². The van der Waals surface area contributed by atoms with Crippen LogP contribution in [0.1, 0.15) is 36.8 Å². The van der Waals surface area contributed by atoms with E-state index in [1.54, 1.807) is 20.3 Å². The van der Waals surface area contributed by atoms with Crippen LogP contribution in [0.15, 0.2) is 42.5 Å². The summed E-state index contributed by atoms with van der Waals surface area (Å²) in [7, 11) is 3.14. The first-order valence-corrected chi connectivity index (χ1v) is 12.2. The smallest absolute Gasteiger partial charge is 0.330 e. The Morgan fingerprint density at radius 2 is 1.80 bits per heavy atom. The fourth-order valence-electron chi connectivity index (χ4n) is 5.90. The molecule has 184 valence electrons. The van der Waals surface area contributed by atoms with Gasteiger partial charge in [-0.25, -0.2) is 4.79 Å². The maximum Gasteiger partial charge on any atom is 0.330 e. The number of methoxy groups -OCH3 is 2. The second-order valence-electron chi connectivity index (χ2n) is 9.49. The molecule has 35 heavy (non-hydrogen) atoms. The fraction of sp³-hybridized carbons (Fsp3) is 0.444. The highest BCUT2D eigenvalue weighted by Gasteiger charge is 2.61. The van der Waals surface area contributed by atoms with Crippen LogP contribution < -0.4 is 19.7 Å². The number of urea groups is 1. The molecule has 2 aromatic rings. The molecule has 0 aromatic heterocycles. The van der Waals surface area contributed by atoms with E-state index in [4.69, 9.17) is 9.47 Å². The van der Waals surface area contributed by atoms with Crippen molar-refractivity contribution in [3.8, 4) is 11.5 Å². The van der Waals surface area contributed by atoms with Crippen molar-refractivity contribution in [1.82, 2.24) is 10.2 Å². The van der Waals surface area contributed by atoms with Crippen molar-refractivity contribution < 1.29 is 23.9 Å². The van der Waals surface area contributed by atoms with E-state index in [-0.39, 0.29) is 12.6 Å². The molecule has 0 unspecified atom stereocenters. The lowest BCUT2D eigenvalue weighted by molar-refractivity contribution is -0.153. The molecule has 8 nitrogen and oxygen atoms in total. The first-order chi connectivity index (χ1) is 17.0. The van der Waals surface area contributed by atoms with Crippen LogP contribution in [0.25, 0.3) is 0 Å². The predicted octanol–water partition coefficient (Wildman–Crippen LogP) is 3.32. The number of carbonyl (C=O) groups excluding carboxylic acids is 3. The number of benzene rings is 2. The lowest BCUT2D eigenvalue weighted by atomic mass is 9.67. The molecular formula is C27H31N3O5. The first kappa shape index (κ1) is 23.2. The van der Waals surface area contributed by atoms with Gasteiger partial charge in [0, 0.05) is 18.8 Å². The van der Waals surface area contributed by atoms with E-state index < -0.39 is 23.3 Å². The molecule has 2 atom stereocenters. The number of nitrogens with one attached hydrogen (secondary N) is 1. The van der Waals surface area contributed by atoms with Gasteiger partial charge in [0.1, 0.15) is 0 Å². The molecular weight excluding hydrogens is 446 g/mol. The standard InChI is InChI=1S/C27H31N3O5/c1-34-21-12-11-18(16-22(21)35-2)13-15-30-25(32)27(24(31)28-26(30)33)17-19-8-5-6-9-20(19)29-14-7-3-4-10-23(27)29/h5-6,8-9,11-12,16,23H,3-4,7,10,13-15,17H2,1-2H3,(H,28,31,33)/t23-,27-/m0/s1. The van der Waals surface area contributed by atoms with Gasteiger partial charge < -0.3 is 14.4 Å². The van der Waals surface area contributed by atoms with Gasteiger partial charge >= 0.3 is 6.03 Å². The molecule has 0 aliphatic carbocycles. The number of fused-ring (bicyclic) bond motifs is 4. The summed E-state index contributed by atoms with van der Waals surface area (Å²) in [6.07, 6.45) is 4.50. The topological polar surface area (TPSA) is 88.2 Å². The molecule has 4 amide bonds. The molecule has 2 aromatic carbocycles. The molecule has 2 fully saturated rings. The summed E-state index contributed by atoms with van der Waals surface area (Å²) < 4.78 is 10.7. The number of para-hydroxylation sites is 1. The number of imide groups is 2. The van der Waals surface area contributed by atoms with Crippen LogP contribution in [-0.4, -0.2) is 56.1 Å². The van der Waals surface area contributed by atoms with Gasteiger partial charge in [0.05, 0.1) is 20.3 Å². The Kier molecular flexibility index (Phi) is 6.13. The summed E-state index contributed by atoms with van der Waals surface area (Å²) in [5, 5.41) is 2.54. The maximum atomic E-state index is 14.1. The number of ether oxygens (including phenoxy) is 2. The van der Waals surface area contributed by atoms with Crippen molar-refractivity contribution in [3.05, 3.63) is 53.6 Å².